The number of methoxy groups -OCH3 is 1. The zero-order chi connectivity index (χ0) is 15.9. The van der Waals surface area contributed by atoms with Gasteiger partial charge in [-0.2, -0.15) is 0 Å². The molecule has 1 aliphatic heterocycles. The second kappa shape index (κ2) is 5.16. The Bertz CT molecular complexity index is 739. The fourth-order valence-corrected chi connectivity index (χ4v) is 2.90. The number of fused-ring (bicyclic) bond motifs is 2. The number of esters is 1. The first-order chi connectivity index (χ1) is 10.4. The number of ether oxygens (including phenoxy) is 3. The molecule has 0 saturated heterocycles. The summed E-state index contributed by atoms with van der Waals surface area (Å²) in [5, 5.41) is 0.957. The van der Waals surface area contributed by atoms with Crippen molar-refractivity contribution in [2.75, 3.05) is 7.11 Å². The Morgan fingerprint density at radius 2 is 2.09 bits per heavy atom. The van der Waals surface area contributed by atoms with Crippen molar-refractivity contribution in [1.29, 1.82) is 0 Å². The Hall–Kier alpha value is -2.30. The smallest absolute Gasteiger partial charge is 0.303 e. The maximum atomic E-state index is 11.3. The van der Waals surface area contributed by atoms with E-state index in [0.717, 1.165) is 22.2 Å². The van der Waals surface area contributed by atoms with Gasteiger partial charge in [-0.05, 0) is 26.0 Å². The lowest BCUT2D eigenvalue weighted by Crippen LogP contribution is -2.43. The monoisotopic (exact) mass is 301 g/mol. The summed E-state index contributed by atoms with van der Waals surface area (Å²) in [6, 6.07) is 7.78. The summed E-state index contributed by atoms with van der Waals surface area (Å²) in [5.41, 5.74) is 1.01. The van der Waals surface area contributed by atoms with Crippen LogP contribution in [0.25, 0.3) is 10.9 Å². The van der Waals surface area contributed by atoms with Crippen LogP contribution in [0.4, 0.5) is 0 Å². The van der Waals surface area contributed by atoms with Crippen molar-refractivity contribution in [3.8, 4) is 11.6 Å². The highest BCUT2D eigenvalue weighted by molar-refractivity contribution is 5.87. The van der Waals surface area contributed by atoms with E-state index in [4.69, 9.17) is 14.2 Å². The van der Waals surface area contributed by atoms with E-state index in [1.54, 1.807) is 7.11 Å². The molecule has 0 fully saturated rings. The quantitative estimate of drug-likeness (QED) is 0.816. The molecule has 0 aliphatic carbocycles. The van der Waals surface area contributed by atoms with Crippen molar-refractivity contribution < 1.29 is 19.0 Å². The maximum Gasteiger partial charge on any atom is 0.303 e. The van der Waals surface area contributed by atoms with Crippen LogP contribution in [0.1, 0.15) is 26.3 Å². The molecule has 5 nitrogen and oxygen atoms in total. The molecular formula is C17H19NO4. The Morgan fingerprint density at radius 3 is 2.77 bits per heavy atom. The summed E-state index contributed by atoms with van der Waals surface area (Å²) in [5.74, 6) is 1.01. The van der Waals surface area contributed by atoms with Gasteiger partial charge in [-0.15, -0.1) is 0 Å². The van der Waals surface area contributed by atoms with Crippen LogP contribution in [0.2, 0.25) is 0 Å². The molecule has 0 amide bonds. The van der Waals surface area contributed by atoms with E-state index in [0.29, 0.717) is 12.3 Å². The molecule has 2 aromatic rings. The van der Waals surface area contributed by atoms with Crippen LogP contribution in [-0.2, 0) is 16.0 Å². The number of hydrogen-bond acceptors (Lipinski definition) is 5. The summed E-state index contributed by atoms with van der Waals surface area (Å²) < 4.78 is 16.9. The zero-order valence-electron chi connectivity index (χ0n) is 13.2. The number of hydrogen-bond donors (Lipinski definition) is 0. The number of carbonyl (C=O) groups excluding carboxylic acids is 1. The molecule has 3 rings (SSSR count). The van der Waals surface area contributed by atoms with E-state index in [2.05, 4.69) is 4.98 Å². The van der Waals surface area contributed by atoms with Gasteiger partial charge in [0.25, 0.3) is 0 Å². The Balaban J connectivity index is 2.03. The molecule has 0 saturated carbocycles. The van der Waals surface area contributed by atoms with Crippen molar-refractivity contribution in [2.45, 2.75) is 38.9 Å². The normalized spacial score (nSPS) is 17.0. The van der Waals surface area contributed by atoms with Gasteiger partial charge >= 0.3 is 5.97 Å². The van der Waals surface area contributed by atoms with Gasteiger partial charge in [0, 0.05) is 18.7 Å². The molecule has 22 heavy (non-hydrogen) atoms. The van der Waals surface area contributed by atoms with Crippen LogP contribution in [0, 0.1) is 0 Å². The van der Waals surface area contributed by atoms with Crippen LogP contribution < -0.4 is 9.47 Å². The van der Waals surface area contributed by atoms with Gasteiger partial charge < -0.3 is 14.2 Å². The molecule has 0 radical (unpaired) electrons. The fraction of sp³-hybridized carbons (Fsp3) is 0.412. The molecule has 0 bridgehead atoms. The molecule has 1 aromatic heterocycles. The second-order valence-electron chi connectivity index (χ2n) is 5.95. The second-order valence-corrected chi connectivity index (χ2v) is 5.95. The molecule has 2 heterocycles. The van der Waals surface area contributed by atoms with Crippen molar-refractivity contribution in [2.24, 2.45) is 0 Å². The van der Waals surface area contributed by atoms with Crippen LogP contribution in [-0.4, -0.2) is 29.8 Å². The van der Waals surface area contributed by atoms with Crippen molar-refractivity contribution in [1.82, 2.24) is 4.98 Å². The van der Waals surface area contributed by atoms with Crippen LogP contribution in [0.3, 0.4) is 0 Å². The van der Waals surface area contributed by atoms with Crippen LogP contribution >= 0.6 is 0 Å². The summed E-state index contributed by atoms with van der Waals surface area (Å²) in [6.45, 7) is 5.09. The lowest BCUT2D eigenvalue weighted by molar-refractivity contribution is -0.161. The molecule has 1 aromatic carbocycles. The predicted octanol–water partition coefficient (Wildman–Crippen LogP) is 2.89. The first kappa shape index (κ1) is 14.6. The lowest BCUT2D eigenvalue weighted by atomic mass is 9.96. The van der Waals surface area contributed by atoms with E-state index in [9.17, 15) is 4.79 Å². The van der Waals surface area contributed by atoms with Crippen LogP contribution in [0.15, 0.2) is 24.3 Å². The SMILES string of the molecule is COc1c2c(nc3ccccc13)O[C@@H](C(C)(C)OC(C)=O)C2. The topological polar surface area (TPSA) is 57.6 Å². The molecule has 0 spiro atoms. The lowest BCUT2D eigenvalue weighted by Gasteiger charge is -2.29. The molecule has 1 atom stereocenters. The third-order valence-corrected chi connectivity index (χ3v) is 3.93. The predicted molar refractivity (Wildman–Crippen MR) is 82.3 cm³/mol. The molecule has 5 heteroatoms. The van der Waals surface area contributed by atoms with Crippen molar-refractivity contribution in [3.63, 3.8) is 0 Å². The summed E-state index contributed by atoms with van der Waals surface area (Å²) in [6.07, 6.45) is 0.306. The average Bonchev–Trinajstić information content (AvgIpc) is 2.87. The summed E-state index contributed by atoms with van der Waals surface area (Å²) >= 11 is 0. The van der Waals surface area contributed by atoms with Gasteiger partial charge in [0.15, 0.2) is 0 Å². The first-order valence-electron chi connectivity index (χ1n) is 7.24. The van der Waals surface area contributed by atoms with E-state index in [1.807, 2.05) is 38.1 Å². The molecule has 0 N–H and O–H groups in total. The van der Waals surface area contributed by atoms with Gasteiger partial charge in [0.05, 0.1) is 18.2 Å². The van der Waals surface area contributed by atoms with Gasteiger partial charge in [0.2, 0.25) is 5.88 Å². The summed E-state index contributed by atoms with van der Waals surface area (Å²) in [7, 11) is 1.65. The highest BCUT2D eigenvalue weighted by atomic mass is 16.6. The minimum atomic E-state index is -0.732. The number of rotatable bonds is 3. The number of para-hydroxylation sites is 1. The number of carbonyl (C=O) groups is 1. The number of benzene rings is 1. The largest absolute Gasteiger partial charge is 0.496 e. The summed E-state index contributed by atoms with van der Waals surface area (Å²) in [4.78, 5) is 15.8. The minimum absolute atomic E-state index is 0.287. The standard InChI is InChI=1S/C17H19NO4/c1-10(19)22-17(2,3)14-9-12-15(20-4)11-7-5-6-8-13(11)18-16(12)21-14/h5-8,14H,9H2,1-4H3/t14-/m1/s1. The van der Waals surface area contributed by atoms with E-state index in [-0.39, 0.29) is 12.1 Å². The van der Waals surface area contributed by atoms with Gasteiger partial charge in [-0.3, -0.25) is 4.79 Å². The minimum Gasteiger partial charge on any atom is -0.496 e. The molecule has 0 unspecified atom stereocenters. The van der Waals surface area contributed by atoms with Gasteiger partial charge in [-0.25, -0.2) is 4.98 Å². The van der Waals surface area contributed by atoms with E-state index < -0.39 is 5.60 Å². The fourth-order valence-electron chi connectivity index (χ4n) is 2.90. The van der Waals surface area contributed by atoms with E-state index in [1.165, 1.54) is 6.92 Å². The molecule has 1 aliphatic rings. The number of aromatic nitrogens is 1. The van der Waals surface area contributed by atoms with Crippen molar-refractivity contribution in [3.05, 3.63) is 29.8 Å². The third-order valence-electron chi connectivity index (χ3n) is 3.93. The molecule has 116 valence electrons. The van der Waals surface area contributed by atoms with Gasteiger partial charge in [0.1, 0.15) is 17.5 Å². The zero-order valence-corrected chi connectivity index (χ0v) is 13.2. The highest BCUT2D eigenvalue weighted by Gasteiger charge is 2.41. The van der Waals surface area contributed by atoms with Crippen LogP contribution in [0.5, 0.6) is 11.6 Å². The molecular weight excluding hydrogens is 282 g/mol. The average molecular weight is 301 g/mol. The number of nitrogens with zero attached hydrogens (tertiary/aromatic N) is 1. The van der Waals surface area contributed by atoms with E-state index >= 15 is 0 Å². The van der Waals surface area contributed by atoms with Gasteiger partial charge in [-0.1, -0.05) is 12.1 Å². The highest BCUT2D eigenvalue weighted by Crippen LogP contribution is 2.42. The Kier molecular flexibility index (Phi) is 3.43. The Labute approximate surface area is 129 Å². The third kappa shape index (κ3) is 2.36. The Morgan fingerprint density at radius 1 is 1.36 bits per heavy atom. The van der Waals surface area contributed by atoms with Crippen molar-refractivity contribution >= 4 is 16.9 Å². The number of pyridine rings is 1. The first-order valence-corrected chi connectivity index (χ1v) is 7.24. The maximum absolute atomic E-state index is 11.3.